The number of carbonyl (C=O) groups is 6. The molecule has 0 atom stereocenters. The van der Waals surface area contributed by atoms with E-state index in [-0.39, 0.29) is 17.9 Å². The molecular formula is C27H53N3O13. The number of aliphatic carboxylic acids is 3. The van der Waals surface area contributed by atoms with Gasteiger partial charge in [-0.25, -0.2) is 0 Å². The Kier molecular flexibility index (Phi) is 24.1. The zero-order valence-electron chi connectivity index (χ0n) is 27.8. The number of nitrogens with zero attached hydrogens (tertiary/aromatic N) is 3. The normalized spacial score (nSPS) is 11.1. The van der Waals surface area contributed by atoms with Crippen molar-refractivity contribution in [1.29, 1.82) is 0 Å². The first-order valence-corrected chi connectivity index (χ1v) is 13.2. The van der Waals surface area contributed by atoms with Crippen LogP contribution in [0.2, 0.25) is 0 Å². The molecule has 0 aromatic heterocycles. The number of carboxylic acid groups (broad SMARTS) is 3. The van der Waals surface area contributed by atoms with Crippen LogP contribution in [0.3, 0.4) is 0 Å². The van der Waals surface area contributed by atoms with Crippen molar-refractivity contribution in [3.63, 3.8) is 0 Å². The number of likely N-dealkylation sites (N-methyl/N-ethyl adjacent to an activating group) is 3. The molecule has 0 rings (SSSR count). The first kappa shape index (κ1) is 46.6. The van der Waals surface area contributed by atoms with E-state index in [1.807, 2.05) is 0 Å². The van der Waals surface area contributed by atoms with Crippen LogP contribution in [0.1, 0.15) is 33.6 Å². The van der Waals surface area contributed by atoms with Crippen molar-refractivity contribution in [2.75, 3.05) is 103 Å². The van der Waals surface area contributed by atoms with Crippen LogP contribution in [0.5, 0.6) is 0 Å². The van der Waals surface area contributed by atoms with Gasteiger partial charge in [0, 0.05) is 45.6 Å². The Morgan fingerprint density at radius 3 is 0.860 bits per heavy atom. The van der Waals surface area contributed by atoms with E-state index >= 15 is 0 Å². The minimum absolute atomic E-state index is 0.201. The Morgan fingerprint density at radius 2 is 0.744 bits per heavy atom. The molecule has 0 radical (unpaired) electrons. The predicted octanol–water partition coefficient (Wildman–Crippen LogP) is -4.49. The highest BCUT2D eigenvalue weighted by atomic mass is 16.5. The molecule has 0 aliphatic carbocycles. The van der Waals surface area contributed by atoms with Gasteiger partial charge in [0.05, 0.1) is 69.4 Å². The van der Waals surface area contributed by atoms with Crippen molar-refractivity contribution in [2.45, 2.75) is 39.2 Å². The molecule has 0 saturated carbocycles. The second kappa shape index (κ2) is 22.2. The van der Waals surface area contributed by atoms with E-state index in [0.717, 1.165) is 33.1 Å². The Hall–Kier alpha value is -3.34. The average Bonchev–Trinajstić information content (AvgIpc) is 2.70. The number of carboxylic acids is 3. The monoisotopic (exact) mass is 627 g/mol. The Labute approximate surface area is 255 Å². The first-order chi connectivity index (χ1) is 19.0. The molecule has 1 N–H and O–H groups in total. The zero-order chi connectivity index (χ0) is 35.2. The molecule has 0 aliphatic rings. The summed E-state index contributed by atoms with van der Waals surface area (Å²) in [4.78, 5) is 60.9. The molecule has 0 spiro atoms. The van der Waals surface area contributed by atoms with Crippen molar-refractivity contribution >= 4 is 35.8 Å². The quantitative estimate of drug-likeness (QED) is 0.109. The summed E-state index contributed by atoms with van der Waals surface area (Å²) in [5, 5.41) is 38.9. The maximum atomic E-state index is 10.3. The number of ether oxygens (including phenoxy) is 3. The van der Waals surface area contributed by atoms with E-state index < -0.39 is 36.4 Å². The van der Waals surface area contributed by atoms with Gasteiger partial charge in [-0.2, -0.15) is 0 Å². The molecule has 0 amide bonds. The van der Waals surface area contributed by atoms with Crippen molar-refractivity contribution < 1.29 is 76.9 Å². The zero-order valence-corrected chi connectivity index (χ0v) is 27.8. The van der Waals surface area contributed by atoms with Crippen molar-refractivity contribution in [2.24, 2.45) is 0 Å². The highest BCUT2D eigenvalue weighted by molar-refractivity contribution is 5.86. The standard InChI is InChI=1S/3C7H16NO2.C6H8O7/c3*1-7(9)10-6-5-8(2,3)4;7-3(8)1-6(13,5(11)12)2-4(9)10/h3*5-6H2,1-4H3;13H,1-2H2,(H,7,8)(H,9,10)(H,11,12)/q3*+1;/p-3. The van der Waals surface area contributed by atoms with Gasteiger partial charge in [0.15, 0.2) is 0 Å². The molecule has 0 unspecified atom stereocenters. The number of quaternary nitrogens is 3. The fourth-order valence-corrected chi connectivity index (χ4v) is 2.07. The number of aliphatic hydroxyl groups is 1. The highest BCUT2D eigenvalue weighted by Gasteiger charge is 2.29. The summed E-state index contributed by atoms with van der Waals surface area (Å²) >= 11 is 0. The minimum atomic E-state index is -2.97. The van der Waals surface area contributed by atoms with Crippen LogP contribution in [-0.2, 0) is 43.0 Å². The second-order valence-electron chi connectivity index (χ2n) is 12.5. The molecule has 0 aromatic carbocycles. The van der Waals surface area contributed by atoms with E-state index in [4.69, 9.17) is 19.3 Å². The third-order valence-electron chi connectivity index (χ3n) is 4.46. The number of hydrogen-bond donors (Lipinski definition) is 1. The van der Waals surface area contributed by atoms with Crippen molar-refractivity contribution in [3.8, 4) is 0 Å². The molecule has 43 heavy (non-hydrogen) atoms. The molecule has 0 fully saturated rings. The number of esters is 3. The topological polar surface area (TPSA) is 220 Å². The lowest BCUT2D eigenvalue weighted by Gasteiger charge is -2.29. The van der Waals surface area contributed by atoms with E-state index in [1.54, 1.807) is 0 Å². The Balaban J connectivity index is -0.000000238. The van der Waals surface area contributed by atoms with Gasteiger partial charge in [0.1, 0.15) is 45.1 Å². The highest BCUT2D eigenvalue weighted by Crippen LogP contribution is 2.13. The van der Waals surface area contributed by atoms with Gasteiger partial charge in [-0.15, -0.1) is 0 Å². The number of carbonyl (C=O) groups excluding carboxylic acids is 6. The average molecular weight is 628 g/mol. The van der Waals surface area contributed by atoms with E-state index in [1.165, 1.54) is 20.8 Å². The summed E-state index contributed by atoms with van der Waals surface area (Å²) < 4.78 is 16.8. The Morgan fingerprint density at radius 1 is 0.535 bits per heavy atom. The number of rotatable bonds is 14. The smallest absolute Gasteiger partial charge is 0.302 e. The van der Waals surface area contributed by atoms with Crippen molar-refractivity contribution in [1.82, 2.24) is 0 Å². The molecule has 16 nitrogen and oxygen atoms in total. The van der Waals surface area contributed by atoms with E-state index in [2.05, 4.69) is 63.4 Å². The van der Waals surface area contributed by atoms with Gasteiger partial charge in [-0.1, -0.05) is 0 Å². The Bertz CT molecular complexity index is 783. The SMILES string of the molecule is CC(=O)OCC[N+](C)(C)C.CC(=O)OCC[N+](C)(C)C.CC(=O)OCC[N+](C)(C)C.O=C([O-])CC(O)(CC(=O)[O-])C(=O)[O-]. The lowest BCUT2D eigenvalue weighted by atomic mass is 9.96. The van der Waals surface area contributed by atoms with Gasteiger partial charge >= 0.3 is 17.9 Å². The predicted molar refractivity (Wildman–Crippen MR) is 148 cm³/mol. The lowest BCUT2D eigenvalue weighted by molar-refractivity contribution is -0.870. The van der Waals surface area contributed by atoms with Gasteiger partial charge in [0.2, 0.25) is 0 Å². The first-order valence-electron chi connectivity index (χ1n) is 13.2. The van der Waals surface area contributed by atoms with Gasteiger partial charge in [0.25, 0.3) is 0 Å². The summed E-state index contributed by atoms with van der Waals surface area (Å²) in [6.07, 6.45) is -2.72. The second-order valence-corrected chi connectivity index (χ2v) is 12.5. The summed E-state index contributed by atoms with van der Waals surface area (Å²) in [6, 6.07) is 0. The molecule has 0 aromatic rings. The third kappa shape index (κ3) is 45.9. The largest absolute Gasteiger partial charge is 0.550 e. The van der Waals surface area contributed by atoms with E-state index in [0.29, 0.717) is 19.8 Å². The molecule has 0 bridgehead atoms. The summed E-state index contributed by atoms with van der Waals surface area (Å²) in [6.45, 7) is 8.40. The van der Waals surface area contributed by atoms with Crippen LogP contribution >= 0.6 is 0 Å². The molecule has 254 valence electrons. The van der Waals surface area contributed by atoms with Gasteiger partial charge in [-0.3, -0.25) is 14.4 Å². The molecule has 16 heteroatoms. The molecule has 0 heterocycles. The minimum Gasteiger partial charge on any atom is -0.550 e. The molecule has 0 aliphatic heterocycles. The van der Waals surface area contributed by atoms with Crippen LogP contribution in [-0.4, -0.2) is 163 Å². The molecular weight excluding hydrogens is 574 g/mol. The maximum Gasteiger partial charge on any atom is 0.302 e. The van der Waals surface area contributed by atoms with Crippen LogP contribution in [0, 0.1) is 0 Å². The van der Waals surface area contributed by atoms with Crippen molar-refractivity contribution in [3.05, 3.63) is 0 Å². The fraction of sp³-hybridized carbons (Fsp3) is 0.778. The fourth-order valence-electron chi connectivity index (χ4n) is 2.07. The van der Waals surface area contributed by atoms with Crippen LogP contribution in [0.15, 0.2) is 0 Å². The van der Waals surface area contributed by atoms with Crippen LogP contribution in [0.25, 0.3) is 0 Å². The lowest BCUT2D eigenvalue weighted by Crippen LogP contribution is -2.54. The number of hydrogen-bond acceptors (Lipinski definition) is 13. The van der Waals surface area contributed by atoms with Gasteiger partial charge < -0.3 is 62.5 Å². The summed E-state index contributed by atoms with van der Waals surface area (Å²) in [7, 11) is 18.5. The van der Waals surface area contributed by atoms with Crippen LogP contribution in [0.4, 0.5) is 0 Å². The molecule has 0 saturated heterocycles. The summed E-state index contributed by atoms with van der Waals surface area (Å²) in [5.74, 6) is -6.59. The van der Waals surface area contributed by atoms with E-state index in [9.17, 15) is 44.1 Å². The van der Waals surface area contributed by atoms with Crippen LogP contribution < -0.4 is 15.3 Å². The van der Waals surface area contributed by atoms with Gasteiger partial charge in [-0.05, 0) is 0 Å². The summed E-state index contributed by atoms with van der Waals surface area (Å²) in [5.41, 5.74) is -2.97. The maximum absolute atomic E-state index is 10.3. The third-order valence-corrected chi connectivity index (χ3v) is 4.46.